The largest absolute Gasteiger partial charge is 0.573 e. The van der Waals surface area contributed by atoms with Gasteiger partial charge in [0, 0.05) is 6.54 Å². The number of carboxylic acid groups (broad SMARTS) is 1. The fourth-order valence-corrected chi connectivity index (χ4v) is 1.29. The highest BCUT2D eigenvalue weighted by atomic mass is 19.4. The zero-order valence-electron chi connectivity index (χ0n) is 10.6. The molecule has 0 aliphatic rings. The Morgan fingerprint density at radius 3 is 2.29 bits per heavy atom. The average molecular weight is 307 g/mol. The van der Waals surface area contributed by atoms with Crippen molar-refractivity contribution in [1.29, 1.82) is 0 Å². The van der Waals surface area contributed by atoms with Crippen LogP contribution >= 0.6 is 0 Å². The van der Waals surface area contributed by atoms with Crippen LogP contribution in [0.4, 0.5) is 13.2 Å². The number of benzene rings is 1. The van der Waals surface area contributed by atoms with E-state index in [0.29, 0.717) is 5.56 Å². The Morgan fingerprint density at radius 1 is 1.14 bits per heavy atom. The standard InChI is InChI=1S/C12H12F3NO5/c13-12(14,15)21-9-3-1-8(2-4-9)5-16-10(17)6-20-7-11(18)19/h1-4H,5-7H2,(H,16,17)(H,18,19). The molecule has 2 N–H and O–H groups in total. The predicted octanol–water partition coefficient (Wildman–Crippen LogP) is 1.30. The molecule has 1 rings (SSSR count). The molecule has 0 aliphatic heterocycles. The van der Waals surface area contributed by atoms with Crippen LogP contribution in [0, 0.1) is 0 Å². The maximum absolute atomic E-state index is 11.9. The summed E-state index contributed by atoms with van der Waals surface area (Å²) in [6.07, 6.45) is -4.75. The van der Waals surface area contributed by atoms with Gasteiger partial charge in [0.2, 0.25) is 5.91 Å². The molecule has 0 fully saturated rings. The van der Waals surface area contributed by atoms with Crippen molar-refractivity contribution in [1.82, 2.24) is 5.32 Å². The lowest BCUT2D eigenvalue weighted by molar-refractivity contribution is -0.274. The third kappa shape index (κ3) is 7.78. The van der Waals surface area contributed by atoms with E-state index in [1.54, 1.807) is 0 Å². The van der Waals surface area contributed by atoms with Gasteiger partial charge < -0.3 is 19.9 Å². The first-order valence-corrected chi connectivity index (χ1v) is 5.67. The van der Waals surface area contributed by atoms with Crippen molar-refractivity contribution < 1.29 is 37.3 Å². The second kappa shape index (κ2) is 7.48. The normalized spacial score (nSPS) is 11.0. The highest BCUT2D eigenvalue weighted by molar-refractivity contribution is 5.77. The average Bonchev–Trinajstić information content (AvgIpc) is 2.35. The van der Waals surface area contributed by atoms with Crippen molar-refractivity contribution in [3.05, 3.63) is 29.8 Å². The first kappa shape index (κ1) is 16.8. The summed E-state index contributed by atoms with van der Waals surface area (Å²) < 4.78 is 44.1. The van der Waals surface area contributed by atoms with Gasteiger partial charge >= 0.3 is 12.3 Å². The van der Waals surface area contributed by atoms with Gasteiger partial charge in [0.15, 0.2) is 0 Å². The monoisotopic (exact) mass is 307 g/mol. The topological polar surface area (TPSA) is 84.9 Å². The third-order valence-electron chi connectivity index (χ3n) is 2.11. The van der Waals surface area contributed by atoms with Gasteiger partial charge in [-0.2, -0.15) is 0 Å². The molecule has 0 atom stereocenters. The predicted molar refractivity (Wildman–Crippen MR) is 63.4 cm³/mol. The highest BCUT2D eigenvalue weighted by Gasteiger charge is 2.30. The Kier molecular flexibility index (Phi) is 5.97. The Hall–Kier alpha value is -2.29. The van der Waals surface area contributed by atoms with E-state index >= 15 is 0 Å². The molecule has 1 aromatic rings. The van der Waals surface area contributed by atoms with Gasteiger partial charge in [-0.05, 0) is 17.7 Å². The molecule has 1 amide bonds. The smallest absolute Gasteiger partial charge is 0.480 e. The molecule has 0 saturated carbocycles. The van der Waals surface area contributed by atoms with Gasteiger partial charge in [-0.3, -0.25) is 4.79 Å². The Bertz CT molecular complexity index is 487. The SMILES string of the molecule is O=C(O)COCC(=O)NCc1ccc(OC(F)(F)F)cc1. The van der Waals surface area contributed by atoms with Gasteiger partial charge in [0.1, 0.15) is 19.0 Å². The highest BCUT2D eigenvalue weighted by Crippen LogP contribution is 2.22. The number of amides is 1. The number of rotatable bonds is 7. The molecular weight excluding hydrogens is 295 g/mol. The molecule has 0 bridgehead atoms. The molecule has 0 saturated heterocycles. The van der Waals surface area contributed by atoms with E-state index in [-0.39, 0.29) is 12.3 Å². The number of carbonyl (C=O) groups is 2. The number of hydrogen-bond acceptors (Lipinski definition) is 4. The van der Waals surface area contributed by atoms with E-state index < -0.39 is 31.5 Å². The summed E-state index contributed by atoms with van der Waals surface area (Å²) in [6, 6.07) is 4.96. The van der Waals surface area contributed by atoms with Crippen LogP contribution in [0.15, 0.2) is 24.3 Å². The number of aliphatic carboxylic acids is 1. The molecule has 0 radical (unpaired) electrons. The number of nitrogens with one attached hydrogen (secondary N) is 1. The number of ether oxygens (including phenoxy) is 2. The van der Waals surface area contributed by atoms with Crippen molar-refractivity contribution in [3.8, 4) is 5.75 Å². The Morgan fingerprint density at radius 2 is 1.76 bits per heavy atom. The second-order valence-corrected chi connectivity index (χ2v) is 3.86. The van der Waals surface area contributed by atoms with Crippen LogP contribution in [0.5, 0.6) is 5.75 Å². The number of halogens is 3. The lowest BCUT2D eigenvalue weighted by Gasteiger charge is -2.09. The number of hydrogen-bond donors (Lipinski definition) is 2. The van der Waals surface area contributed by atoms with Crippen LogP contribution in [-0.2, 0) is 20.9 Å². The number of carboxylic acids is 1. The van der Waals surface area contributed by atoms with E-state index in [2.05, 4.69) is 14.8 Å². The van der Waals surface area contributed by atoms with E-state index in [4.69, 9.17) is 5.11 Å². The zero-order valence-corrected chi connectivity index (χ0v) is 10.6. The van der Waals surface area contributed by atoms with Crippen LogP contribution in [0.2, 0.25) is 0 Å². The molecule has 6 nitrogen and oxygen atoms in total. The summed E-state index contributed by atoms with van der Waals surface area (Å²) in [7, 11) is 0. The van der Waals surface area contributed by atoms with E-state index in [1.165, 1.54) is 12.1 Å². The Balaban J connectivity index is 2.35. The minimum Gasteiger partial charge on any atom is -0.480 e. The van der Waals surface area contributed by atoms with Crippen molar-refractivity contribution in [2.45, 2.75) is 12.9 Å². The van der Waals surface area contributed by atoms with Gasteiger partial charge in [0.25, 0.3) is 0 Å². The fraction of sp³-hybridized carbons (Fsp3) is 0.333. The molecule has 0 aliphatic carbocycles. The molecule has 116 valence electrons. The minimum absolute atomic E-state index is 0.0710. The van der Waals surface area contributed by atoms with Crippen LogP contribution in [-0.4, -0.2) is 36.6 Å². The first-order valence-electron chi connectivity index (χ1n) is 5.67. The van der Waals surface area contributed by atoms with Crippen molar-refractivity contribution >= 4 is 11.9 Å². The summed E-state index contributed by atoms with van der Waals surface area (Å²) in [5, 5.41) is 10.7. The van der Waals surface area contributed by atoms with Gasteiger partial charge in [-0.25, -0.2) is 4.79 Å². The zero-order chi connectivity index (χ0) is 15.9. The lowest BCUT2D eigenvalue weighted by atomic mass is 10.2. The third-order valence-corrected chi connectivity index (χ3v) is 2.11. The summed E-state index contributed by atoms with van der Waals surface area (Å²) in [4.78, 5) is 21.4. The quantitative estimate of drug-likeness (QED) is 0.793. The van der Waals surface area contributed by atoms with Crippen LogP contribution in [0.3, 0.4) is 0 Å². The van der Waals surface area contributed by atoms with Crippen LogP contribution in [0.25, 0.3) is 0 Å². The molecular formula is C12H12F3NO5. The van der Waals surface area contributed by atoms with E-state index in [1.807, 2.05) is 0 Å². The summed E-state index contributed by atoms with van der Waals surface area (Å²) in [6.45, 7) is -0.931. The van der Waals surface area contributed by atoms with Crippen LogP contribution in [0.1, 0.15) is 5.56 Å². The van der Waals surface area contributed by atoms with Crippen molar-refractivity contribution in [2.75, 3.05) is 13.2 Å². The van der Waals surface area contributed by atoms with Gasteiger partial charge in [-0.15, -0.1) is 13.2 Å². The van der Waals surface area contributed by atoms with Crippen LogP contribution < -0.4 is 10.1 Å². The fourth-order valence-electron chi connectivity index (χ4n) is 1.29. The molecule has 0 unspecified atom stereocenters. The molecule has 9 heteroatoms. The Labute approximate surface area is 117 Å². The number of alkyl halides is 3. The number of carbonyl (C=O) groups excluding carboxylic acids is 1. The molecule has 21 heavy (non-hydrogen) atoms. The maximum Gasteiger partial charge on any atom is 0.573 e. The summed E-state index contributed by atoms with van der Waals surface area (Å²) in [5.41, 5.74) is 0.552. The second-order valence-electron chi connectivity index (χ2n) is 3.86. The van der Waals surface area contributed by atoms with E-state index in [9.17, 15) is 22.8 Å². The molecule has 1 aromatic carbocycles. The van der Waals surface area contributed by atoms with E-state index in [0.717, 1.165) is 12.1 Å². The minimum atomic E-state index is -4.75. The molecule has 0 heterocycles. The first-order chi connectivity index (χ1) is 9.76. The molecule has 0 aromatic heterocycles. The summed E-state index contributed by atoms with van der Waals surface area (Å²) >= 11 is 0. The maximum atomic E-state index is 11.9. The van der Waals surface area contributed by atoms with Gasteiger partial charge in [-0.1, -0.05) is 12.1 Å². The summed E-state index contributed by atoms with van der Waals surface area (Å²) in [5.74, 6) is -2.09. The lowest BCUT2D eigenvalue weighted by Crippen LogP contribution is -2.28. The van der Waals surface area contributed by atoms with Crippen molar-refractivity contribution in [3.63, 3.8) is 0 Å². The van der Waals surface area contributed by atoms with Gasteiger partial charge in [0.05, 0.1) is 0 Å². The van der Waals surface area contributed by atoms with Crippen molar-refractivity contribution in [2.24, 2.45) is 0 Å². The molecule has 0 spiro atoms.